The van der Waals surface area contributed by atoms with Crippen molar-refractivity contribution in [2.24, 2.45) is 0 Å². The van der Waals surface area contributed by atoms with Crippen LogP contribution in [0.3, 0.4) is 0 Å². The van der Waals surface area contributed by atoms with Crippen LogP contribution in [0.15, 0.2) is 46.7 Å². The predicted molar refractivity (Wildman–Crippen MR) is 83.1 cm³/mol. The van der Waals surface area contributed by atoms with Crippen molar-refractivity contribution in [3.8, 4) is 0 Å². The number of rotatable bonds is 5. The van der Waals surface area contributed by atoms with Crippen LogP contribution in [-0.2, 0) is 4.79 Å². The molecule has 0 unspecified atom stereocenters. The van der Waals surface area contributed by atoms with Crippen molar-refractivity contribution in [2.45, 2.75) is 17.9 Å². The molecule has 19 heavy (non-hydrogen) atoms. The van der Waals surface area contributed by atoms with Crippen molar-refractivity contribution in [3.05, 3.63) is 51.7 Å². The summed E-state index contributed by atoms with van der Waals surface area (Å²) in [6.07, 6.45) is 0. The monoisotopic (exact) mass is 311 g/mol. The molecule has 1 aromatic heterocycles. The summed E-state index contributed by atoms with van der Waals surface area (Å²) in [4.78, 5) is 14.0. The molecule has 2 aromatic rings. The van der Waals surface area contributed by atoms with Gasteiger partial charge in [-0.1, -0.05) is 29.8 Å². The second kappa shape index (κ2) is 6.98. The SMILES string of the molecule is C[C@@H](NC(=O)CSc1ccccc1Cl)c1cccs1. The van der Waals surface area contributed by atoms with E-state index in [-0.39, 0.29) is 11.9 Å². The Morgan fingerprint density at radius 2 is 2.16 bits per heavy atom. The third-order valence-electron chi connectivity index (χ3n) is 2.54. The Balaban J connectivity index is 1.84. The second-order valence-corrected chi connectivity index (χ2v) is 6.43. The first-order valence-electron chi connectivity index (χ1n) is 5.87. The second-order valence-electron chi connectivity index (χ2n) is 4.02. The minimum absolute atomic E-state index is 0.0193. The molecular formula is C14H14ClNOS2. The van der Waals surface area contributed by atoms with Gasteiger partial charge >= 0.3 is 0 Å². The van der Waals surface area contributed by atoms with Gasteiger partial charge in [-0.3, -0.25) is 4.79 Å². The summed E-state index contributed by atoms with van der Waals surface area (Å²) in [5.74, 6) is 0.394. The summed E-state index contributed by atoms with van der Waals surface area (Å²) >= 11 is 9.14. The Morgan fingerprint density at radius 3 is 2.84 bits per heavy atom. The van der Waals surface area contributed by atoms with Gasteiger partial charge in [0.1, 0.15) is 0 Å². The van der Waals surface area contributed by atoms with Crippen LogP contribution < -0.4 is 5.32 Å². The fourth-order valence-electron chi connectivity index (χ4n) is 1.60. The van der Waals surface area contributed by atoms with Gasteiger partial charge in [-0.15, -0.1) is 23.1 Å². The van der Waals surface area contributed by atoms with Crippen LogP contribution in [0.25, 0.3) is 0 Å². The van der Waals surface area contributed by atoms with Gasteiger partial charge in [0.15, 0.2) is 0 Å². The highest BCUT2D eigenvalue weighted by Crippen LogP contribution is 2.26. The lowest BCUT2D eigenvalue weighted by Crippen LogP contribution is -2.27. The van der Waals surface area contributed by atoms with Gasteiger partial charge in [0.05, 0.1) is 16.8 Å². The molecule has 0 aliphatic carbocycles. The molecule has 1 heterocycles. The number of hydrogen-bond donors (Lipinski definition) is 1. The van der Waals surface area contributed by atoms with Gasteiger partial charge in [0.25, 0.3) is 0 Å². The summed E-state index contributed by atoms with van der Waals surface area (Å²) in [7, 11) is 0. The van der Waals surface area contributed by atoms with E-state index in [2.05, 4.69) is 5.32 Å². The normalized spacial score (nSPS) is 12.1. The average Bonchev–Trinajstić information content (AvgIpc) is 2.91. The lowest BCUT2D eigenvalue weighted by Gasteiger charge is -2.12. The van der Waals surface area contributed by atoms with E-state index in [4.69, 9.17) is 11.6 Å². The Labute approximate surface area is 126 Å². The molecule has 2 nitrogen and oxygen atoms in total. The number of hydrogen-bond acceptors (Lipinski definition) is 3. The zero-order valence-electron chi connectivity index (χ0n) is 10.4. The van der Waals surface area contributed by atoms with Gasteiger partial charge in [-0.25, -0.2) is 0 Å². The van der Waals surface area contributed by atoms with Crippen LogP contribution in [0.4, 0.5) is 0 Å². The third kappa shape index (κ3) is 4.27. The van der Waals surface area contributed by atoms with Gasteiger partial charge in [0, 0.05) is 9.77 Å². The molecule has 2 rings (SSSR count). The molecule has 0 saturated heterocycles. The predicted octanol–water partition coefficient (Wildman–Crippen LogP) is 4.37. The fourth-order valence-corrected chi connectivity index (χ4v) is 3.38. The van der Waals surface area contributed by atoms with E-state index < -0.39 is 0 Å². The number of benzene rings is 1. The highest BCUT2D eigenvalue weighted by molar-refractivity contribution is 8.00. The van der Waals surface area contributed by atoms with Crippen molar-refractivity contribution < 1.29 is 4.79 Å². The molecule has 0 aliphatic rings. The maximum Gasteiger partial charge on any atom is 0.230 e. The Bertz CT molecular complexity index is 542. The van der Waals surface area contributed by atoms with Gasteiger partial charge in [-0.05, 0) is 30.5 Å². The first-order valence-corrected chi connectivity index (χ1v) is 8.11. The standard InChI is InChI=1S/C14H14ClNOS2/c1-10(12-7-4-8-18-12)16-14(17)9-19-13-6-3-2-5-11(13)15/h2-8,10H,9H2,1H3,(H,16,17)/t10-/m1/s1. The van der Waals surface area contributed by atoms with Crippen LogP contribution in [-0.4, -0.2) is 11.7 Å². The molecule has 100 valence electrons. The van der Waals surface area contributed by atoms with E-state index in [1.807, 2.05) is 48.7 Å². The Morgan fingerprint density at radius 1 is 1.37 bits per heavy atom. The van der Waals surface area contributed by atoms with Gasteiger partial charge in [-0.2, -0.15) is 0 Å². The molecule has 0 radical (unpaired) electrons. The van der Waals surface area contributed by atoms with Crippen molar-refractivity contribution in [2.75, 3.05) is 5.75 Å². The van der Waals surface area contributed by atoms with Crippen molar-refractivity contribution >= 4 is 40.6 Å². The van der Waals surface area contributed by atoms with E-state index in [1.165, 1.54) is 11.8 Å². The van der Waals surface area contributed by atoms with Crippen LogP contribution in [0.2, 0.25) is 5.02 Å². The lowest BCUT2D eigenvalue weighted by atomic mass is 10.3. The van der Waals surface area contributed by atoms with Crippen LogP contribution in [0, 0.1) is 0 Å². The number of amides is 1. The molecule has 0 fully saturated rings. The van der Waals surface area contributed by atoms with Crippen LogP contribution in [0.1, 0.15) is 17.8 Å². The van der Waals surface area contributed by atoms with Crippen molar-refractivity contribution in [1.29, 1.82) is 0 Å². The minimum atomic E-state index is 0.0193. The van der Waals surface area contributed by atoms with Crippen molar-refractivity contribution in [1.82, 2.24) is 5.32 Å². The third-order valence-corrected chi connectivity index (χ3v) is 5.11. The number of thioether (sulfide) groups is 1. The molecule has 0 spiro atoms. The van der Waals surface area contributed by atoms with Crippen molar-refractivity contribution in [3.63, 3.8) is 0 Å². The molecule has 1 aromatic carbocycles. The summed E-state index contributed by atoms with van der Waals surface area (Å²) < 4.78 is 0. The highest BCUT2D eigenvalue weighted by atomic mass is 35.5. The van der Waals surface area contributed by atoms with Gasteiger partial charge in [0.2, 0.25) is 5.91 Å². The highest BCUT2D eigenvalue weighted by Gasteiger charge is 2.11. The molecule has 0 saturated carbocycles. The zero-order chi connectivity index (χ0) is 13.7. The lowest BCUT2D eigenvalue weighted by molar-refractivity contribution is -0.119. The Hall–Kier alpha value is -0.970. The van der Waals surface area contributed by atoms with E-state index in [0.717, 1.165) is 9.77 Å². The molecular weight excluding hydrogens is 298 g/mol. The maximum absolute atomic E-state index is 11.9. The molecule has 1 N–H and O–H groups in total. The fraction of sp³-hybridized carbons (Fsp3) is 0.214. The van der Waals surface area contributed by atoms with Crippen LogP contribution in [0.5, 0.6) is 0 Å². The summed E-state index contributed by atoms with van der Waals surface area (Å²) in [6, 6.07) is 11.6. The molecule has 1 atom stereocenters. The smallest absolute Gasteiger partial charge is 0.230 e. The van der Waals surface area contributed by atoms with E-state index in [1.54, 1.807) is 11.3 Å². The largest absolute Gasteiger partial charge is 0.348 e. The number of halogens is 1. The maximum atomic E-state index is 11.9. The molecule has 1 amide bonds. The molecule has 5 heteroatoms. The first-order chi connectivity index (χ1) is 9.16. The summed E-state index contributed by atoms with van der Waals surface area (Å²) in [6.45, 7) is 1.99. The topological polar surface area (TPSA) is 29.1 Å². The number of carbonyl (C=O) groups excluding carboxylic acids is 1. The van der Waals surface area contributed by atoms with E-state index in [9.17, 15) is 4.79 Å². The quantitative estimate of drug-likeness (QED) is 0.831. The number of carbonyl (C=O) groups is 1. The van der Waals surface area contributed by atoms with E-state index in [0.29, 0.717) is 10.8 Å². The summed E-state index contributed by atoms with van der Waals surface area (Å²) in [5, 5.41) is 5.68. The average molecular weight is 312 g/mol. The van der Waals surface area contributed by atoms with E-state index >= 15 is 0 Å². The zero-order valence-corrected chi connectivity index (χ0v) is 12.8. The van der Waals surface area contributed by atoms with Gasteiger partial charge < -0.3 is 5.32 Å². The first kappa shape index (κ1) is 14.4. The molecule has 0 aliphatic heterocycles. The number of nitrogens with one attached hydrogen (secondary N) is 1. The number of thiophene rings is 1. The van der Waals surface area contributed by atoms with Crippen LogP contribution >= 0.6 is 34.7 Å². The summed E-state index contributed by atoms with van der Waals surface area (Å²) in [5.41, 5.74) is 0. The minimum Gasteiger partial charge on any atom is -0.348 e. The molecule has 0 bridgehead atoms. The Kier molecular flexibility index (Phi) is 5.31.